The summed E-state index contributed by atoms with van der Waals surface area (Å²) >= 11 is 1.75. The first-order valence-corrected chi connectivity index (χ1v) is 10.9. The number of hydrogen-bond acceptors (Lipinski definition) is 5. The van der Waals surface area contributed by atoms with E-state index < -0.39 is 33.9 Å². The van der Waals surface area contributed by atoms with Gasteiger partial charge in [-0.05, 0) is 62.0 Å². The molecule has 1 amide bonds. The van der Waals surface area contributed by atoms with Gasteiger partial charge in [0.05, 0.1) is 11.0 Å². The third-order valence-electron chi connectivity index (χ3n) is 4.16. The van der Waals surface area contributed by atoms with Crippen molar-refractivity contribution in [2.24, 2.45) is 5.92 Å². The highest BCUT2D eigenvalue weighted by Gasteiger charge is 2.34. The number of hydrogen-bond donors (Lipinski definition) is 3. The molecule has 0 aromatic heterocycles. The van der Waals surface area contributed by atoms with Crippen LogP contribution in [0.15, 0.2) is 29.2 Å². The number of benzene rings is 1. The van der Waals surface area contributed by atoms with E-state index in [1.807, 2.05) is 6.26 Å². The van der Waals surface area contributed by atoms with Crippen LogP contribution in [0, 0.1) is 11.7 Å². The van der Waals surface area contributed by atoms with Gasteiger partial charge in [0.25, 0.3) is 0 Å². The number of carbonyl (C=O) groups excluding carboxylic acids is 1. The number of nitrogens with one attached hydrogen (secondary N) is 2. The van der Waals surface area contributed by atoms with E-state index >= 15 is 0 Å². The SMILES string of the molecule is CSCC1CC(NC(=O)C(NS(=O)(=O)c2ccc(F)cc2)C(C)O)C1. The summed E-state index contributed by atoms with van der Waals surface area (Å²) in [4.78, 5) is 12.2. The summed E-state index contributed by atoms with van der Waals surface area (Å²) in [6, 6.07) is 2.94. The molecule has 140 valence electrons. The molecule has 0 heterocycles. The quantitative estimate of drug-likeness (QED) is 0.618. The first-order chi connectivity index (χ1) is 11.7. The molecule has 2 unspecified atom stereocenters. The highest BCUT2D eigenvalue weighted by molar-refractivity contribution is 7.98. The summed E-state index contributed by atoms with van der Waals surface area (Å²) < 4.78 is 39.8. The molecular weight excluding hydrogens is 367 g/mol. The molecule has 1 aromatic rings. The number of carbonyl (C=O) groups is 1. The fourth-order valence-corrected chi connectivity index (χ4v) is 4.75. The average molecular weight is 391 g/mol. The topological polar surface area (TPSA) is 95.5 Å². The van der Waals surface area contributed by atoms with Crippen molar-refractivity contribution >= 4 is 27.7 Å². The van der Waals surface area contributed by atoms with Crippen molar-refractivity contribution < 1.29 is 22.7 Å². The van der Waals surface area contributed by atoms with Gasteiger partial charge in [0, 0.05) is 6.04 Å². The van der Waals surface area contributed by atoms with Crippen LogP contribution in [-0.4, -0.2) is 49.6 Å². The van der Waals surface area contributed by atoms with E-state index in [9.17, 15) is 22.7 Å². The molecular formula is C16H23FN2O4S2. The van der Waals surface area contributed by atoms with E-state index in [1.54, 1.807) is 11.8 Å². The molecule has 0 aliphatic heterocycles. The molecule has 0 bridgehead atoms. The van der Waals surface area contributed by atoms with Crippen molar-refractivity contribution in [1.29, 1.82) is 0 Å². The maximum Gasteiger partial charge on any atom is 0.241 e. The standard InChI is InChI=1S/C16H23FN2O4S2/c1-10(20)15(16(21)18-13-7-11(8-13)9-24-2)19-25(22,23)14-5-3-12(17)4-6-14/h3-6,10-11,13,15,19-20H,7-9H2,1-2H3,(H,18,21). The summed E-state index contributed by atoms with van der Waals surface area (Å²) in [7, 11) is -4.05. The van der Waals surface area contributed by atoms with Crippen LogP contribution in [0.25, 0.3) is 0 Å². The number of halogens is 1. The second-order valence-corrected chi connectivity index (χ2v) is 8.92. The zero-order chi connectivity index (χ0) is 18.6. The maximum absolute atomic E-state index is 12.9. The lowest BCUT2D eigenvalue weighted by Gasteiger charge is -2.36. The Bertz CT molecular complexity index is 689. The van der Waals surface area contributed by atoms with Crippen molar-refractivity contribution in [3.05, 3.63) is 30.1 Å². The van der Waals surface area contributed by atoms with Gasteiger partial charge in [-0.2, -0.15) is 16.5 Å². The number of aliphatic hydroxyl groups is 1. The van der Waals surface area contributed by atoms with Crippen LogP contribution in [0.3, 0.4) is 0 Å². The zero-order valence-corrected chi connectivity index (χ0v) is 15.7. The molecule has 6 nitrogen and oxygen atoms in total. The average Bonchev–Trinajstić information content (AvgIpc) is 2.50. The second kappa shape index (κ2) is 8.48. The van der Waals surface area contributed by atoms with Crippen molar-refractivity contribution in [1.82, 2.24) is 10.0 Å². The highest BCUT2D eigenvalue weighted by Crippen LogP contribution is 2.29. The molecule has 0 saturated heterocycles. The van der Waals surface area contributed by atoms with Crippen LogP contribution in [0.4, 0.5) is 4.39 Å². The Morgan fingerprint density at radius 2 is 1.96 bits per heavy atom. The van der Waals surface area contributed by atoms with E-state index in [-0.39, 0.29) is 10.9 Å². The first-order valence-electron chi connectivity index (χ1n) is 7.98. The summed E-state index contributed by atoms with van der Waals surface area (Å²) in [5.41, 5.74) is 0. The van der Waals surface area contributed by atoms with Gasteiger partial charge in [0.15, 0.2) is 0 Å². The zero-order valence-electron chi connectivity index (χ0n) is 14.1. The van der Waals surface area contributed by atoms with Crippen LogP contribution in [-0.2, 0) is 14.8 Å². The molecule has 9 heteroatoms. The third kappa shape index (κ3) is 5.40. The highest BCUT2D eigenvalue weighted by atomic mass is 32.2. The summed E-state index contributed by atoms with van der Waals surface area (Å²) in [5, 5.41) is 12.6. The predicted molar refractivity (Wildman–Crippen MR) is 95.2 cm³/mol. The molecule has 0 radical (unpaired) electrons. The fourth-order valence-electron chi connectivity index (χ4n) is 2.74. The molecule has 25 heavy (non-hydrogen) atoms. The lowest BCUT2D eigenvalue weighted by molar-refractivity contribution is -0.126. The molecule has 1 saturated carbocycles. The minimum absolute atomic E-state index is 0.00113. The Balaban J connectivity index is 2.00. The molecule has 1 aliphatic carbocycles. The Morgan fingerprint density at radius 1 is 1.36 bits per heavy atom. The number of sulfonamides is 1. The maximum atomic E-state index is 12.9. The second-order valence-electron chi connectivity index (χ2n) is 6.29. The van der Waals surface area contributed by atoms with Crippen molar-refractivity contribution in [2.75, 3.05) is 12.0 Å². The predicted octanol–water partition coefficient (Wildman–Crippen LogP) is 1.11. The van der Waals surface area contributed by atoms with Crippen LogP contribution in [0.2, 0.25) is 0 Å². The Morgan fingerprint density at radius 3 is 2.48 bits per heavy atom. The van der Waals surface area contributed by atoms with Gasteiger partial charge in [0.2, 0.25) is 15.9 Å². The molecule has 3 N–H and O–H groups in total. The van der Waals surface area contributed by atoms with E-state index in [0.717, 1.165) is 42.9 Å². The number of rotatable bonds is 8. The molecule has 1 aromatic carbocycles. The molecule has 2 atom stereocenters. The lowest BCUT2D eigenvalue weighted by atomic mass is 9.81. The van der Waals surface area contributed by atoms with Gasteiger partial charge in [0.1, 0.15) is 11.9 Å². The van der Waals surface area contributed by atoms with Crippen molar-refractivity contribution in [3.8, 4) is 0 Å². The van der Waals surface area contributed by atoms with E-state index in [0.29, 0.717) is 5.92 Å². The van der Waals surface area contributed by atoms with Crippen molar-refractivity contribution in [3.63, 3.8) is 0 Å². The van der Waals surface area contributed by atoms with E-state index in [4.69, 9.17) is 0 Å². The van der Waals surface area contributed by atoms with Crippen molar-refractivity contribution in [2.45, 2.75) is 42.8 Å². The molecule has 1 fully saturated rings. The largest absolute Gasteiger partial charge is 0.391 e. The van der Waals surface area contributed by atoms with Gasteiger partial charge < -0.3 is 10.4 Å². The Hall–Kier alpha value is -1.16. The number of amides is 1. The minimum Gasteiger partial charge on any atom is -0.391 e. The van der Waals surface area contributed by atoms with Gasteiger partial charge in [-0.15, -0.1) is 0 Å². The van der Waals surface area contributed by atoms with Crippen LogP contribution < -0.4 is 10.0 Å². The van der Waals surface area contributed by atoms with Crippen LogP contribution >= 0.6 is 11.8 Å². The fraction of sp³-hybridized carbons (Fsp3) is 0.562. The smallest absolute Gasteiger partial charge is 0.241 e. The Kier molecular flexibility index (Phi) is 6.84. The van der Waals surface area contributed by atoms with Gasteiger partial charge in [-0.3, -0.25) is 4.79 Å². The first kappa shape index (κ1) is 20.2. The number of aliphatic hydroxyl groups excluding tert-OH is 1. The molecule has 1 aliphatic rings. The van der Waals surface area contributed by atoms with Gasteiger partial charge >= 0.3 is 0 Å². The van der Waals surface area contributed by atoms with Gasteiger partial charge in [-0.1, -0.05) is 0 Å². The summed E-state index contributed by atoms with van der Waals surface area (Å²) in [6.45, 7) is 1.34. The van der Waals surface area contributed by atoms with E-state index in [1.165, 1.54) is 6.92 Å². The van der Waals surface area contributed by atoms with Crippen LogP contribution in [0.1, 0.15) is 19.8 Å². The molecule has 2 rings (SSSR count). The summed E-state index contributed by atoms with van der Waals surface area (Å²) in [6.07, 6.45) is 2.52. The third-order valence-corrected chi connectivity index (χ3v) is 6.42. The summed E-state index contributed by atoms with van der Waals surface area (Å²) in [5.74, 6) is 0.465. The van der Waals surface area contributed by atoms with Crippen LogP contribution in [0.5, 0.6) is 0 Å². The minimum atomic E-state index is -4.05. The van der Waals surface area contributed by atoms with E-state index in [2.05, 4.69) is 10.0 Å². The monoisotopic (exact) mass is 390 g/mol. The lowest BCUT2D eigenvalue weighted by Crippen LogP contribution is -2.56. The molecule has 0 spiro atoms. The normalized spacial score (nSPS) is 22.7. The number of thioether (sulfide) groups is 1. The van der Waals surface area contributed by atoms with Gasteiger partial charge in [-0.25, -0.2) is 12.8 Å². The Labute approximate surface area is 151 Å².